The number of nitrogens with one attached hydrogen (secondary N) is 1. The van der Waals surface area contributed by atoms with E-state index in [9.17, 15) is 4.39 Å². The maximum Gasteiger partial charge on any atom is 0.122 e. The zero-order chi connectivity index (χ0) is 13.9. The monoisotopic (exact) mass is 274 g/mol. The van der Waals surface area contributed by atoms with E-state index in [0.717, 1.165) is 12.0 Å². The van der Waals surface area contributed by atoms with Gasteiger partial charge in [0.05, 0.1) is 6.04 Å². The molecule has 20 heavy (non-hydrogen) atoms. The minimum Gasteiger partial charge on any atom is -0.308 e. The lowest BCUT2D eigenvalue weighted by Crippen LogP contribution is -2.42. The van der Waals surface area contributed by atoms with Crippen molar-refractivity contribution >= 4 is 6.21 Å². The van der Waals surface area contributed by atoms with Gasteiger partial charge in [-0.3, -0.25) is 4.99 Å². The maximum atomic E-state index is 13.1. The first-order valence-corrected chi connectivity index (χ1v) is 7.73. The van der Waals surface area contributed by atoms with E-state index in [1.807, 2.05) is 18.4 Å². The van der Waals surface area contributed by atoms with E-state index in [1.54, 1.807) is 6.08 Å². The molecule has 0 amide bonds. The summed E-state index contributed by atoms with van der Waals surface area (Å²) in [5.74, 6) is 0. The van der Waals surface area contributed by atoms with E-state index in [2.05, 4.69) is 23.3 Å². The Morgan fingerprint density at radius 3 is 2.90 bits per heavy atom. The zero-order valence-corrected chi connectivity index (χ0v) is 12.1. The van der Waals surface area contributed by atoms with E-state index < -0.39 is 6.17 Å². The van der Waals surface area contributed by atoms with Gasteiger partial charge in [-0.05, 0) is 43.4 Å². The number of allylic oxidation sites excluding steroid dienone is 3. The van der Waals surface area contributed by atoms with Crippen molar-refractivity contribution in [2.24, 2.45) is 4.99 Å². The molecule has 0 aromatic carbocycles. The molecule has 108 valence electrons. The van der Waals surface area contributed by atoms with Crippen LogP contribution in [0.3, 0.4) is 0 Å². The summed E-state index contributed by atoms with van der Waals surface area (Å²) in [6, 6.07) is 1.28. The number of hydrogen-bond acceptors (Lipinski definition) is 2. The molecule has 0 radical (unpaired) electrons. The normalized spacial score (nSPS) is 31.5. The standard InChI is InChI=1S/C17H23FN2/c1-12(20-16-3-2-4-16)14-9-10-19-17(11-14)13-5-7-15(18)8-6-13/h5-7,9-10,12,15-17,20H,2-4,8,11H2,1H3. The summed E-state index contributed by atoms with van der Waals surface area (Å²) in [7, 11) is 0. The predicted molar refractivity (Wildman–Crippen MR) is 82.0 cm³/mol. The molecule has 3 rings (SSSR count). The van der Waals surface area contributed by atoms with Crippen molar-refractivity contribution in [3.63, 3.8) is 0 Å². The van der Waals surface area contributed by atoms with Crippen molar-refractivity contribution in [2.75, 3.05) is 0 Å². The average Bonchev–Trinajstić information content (AvgIpc) is 2.43. The molecule has 0 aromatic rings. The first-order chi connectivity index (χ1) is 9.72. The van der Waals surface area contributed by atoms with Crippen LogP contribution < -0.4 is 5.32 Å². The summed E-state index contributed by atoms with van der Waals surface area (Å²) in [4.78, 5) is 4.55. The van der Waals surface area contributed by atoms with Crippen molar-refractivity contribution < 1.29 is 4.39 Å². The van der Waals surface area contributed by atoms with Crippen LogP contribution in [0.15, 0.2) is 40.4 Å². The number of dihydropyridines is 1. The van der Waals surface area contributed by atoms with Gasteiger partial charge in [0.15, 0.2) is 0 Å². The van der Waals surface area contributed by atoms with Crippen molar-refractivity contribution in [3.8, 4) is 0 Å². The van der Waals surface area contributed by atoms with Gasteiger partial charge < -0.3 is 5.32 Å². The van der Waals surface area contributed by atoms with Gasteiger partial charge in [0.25, 0.3) is 0 Å². The molecule has 0 saturated heterocycles. The zero-order valence-electron chi connectivity index (χ0n) is 12.1. The fraction of sp³-hybridized carbons (Fsp3) is 0.588. The first kappa shape index (κ1) is 13.7. The van der Waals surface area contributed by atoms with Crippen LogP contribution in [0, 0.1) is 0 Å². The highest BCUT2D eigenvalue weighted by Crippen LogP contribution is 2.27. The summed E-state index contributed by atoms with van der Waals surface area (Å²) in [6.07, 6.45) is 14.2. The molecule has 1 heterocycles. The van der Waals surface area contributed by atoms with Crippen LogP contribution >= 0.6 is 0 Å². The summed E-state index contributed by atoms with van der Waals surface area (Å²) in [5, 5.41) is 3.69. The number of alkyl halides is 1. The second kappa shape index (κ2) is 6.04. The molecule has 3 heteroatoms. The van der Waals surface area contributed by atoms with E-state index in [-0.39, 0.29) is 6.04 Å². The van der Waals surface area contributed by atoms with Gasteiger partial charge >= 0.3 is 0 Å². The molecule has 1 fully saturated rings. The molecule has 0 bridgehead atoms. The lowest BCUT2D eigenvalue weighted by atomic mass is 9.88. The molecule has 3 aliphatic rings. The highest BCUT2D eigenvalue weighted by molar-refractivity contribution is 5.74. The molecular weight excluding hydrogens is 251 g/mol. The van der Waals surface area contributed by atoms with Crippen LogP contribution in [0.5, 0.6) is 0 Å². The fourth-order valence-electron chi connectivity index (χ4n) is 3.01. The molecule has 3 unspecified atom stereocenters. The molecule has 0 spiro atoms. The Bertz CT molecular complexity index is 471. The first-order valence-electron chi connectivity index (χ1n) is 7.73. The Hall–Kier alpha value is -1.22. The number of hydrogen-bond donors (Lipinski definition) is 1. The highest BCUT2D eigenvalue weighted by Gasteiger charge is 2.24. The van der Waals surface area contributed by atoms with Crippen molar-refractivity contribution in [1.82, 2.24) is 5.32 Å². The van der Waals surface area contributed by atoms with Gasteiger partial charge in [-0.15, -0.1) is 0 Å². The lowest BCUT2D eigenvalue weighted by Gasteiger charge is -2.32. The van der Waals surface area contributed by atoms with Crippen molar-refractivity contribution in [3.05, 3.63) is 35.5 Å². The predicted octanol–water partition coefficient (Wildman–Crippen LogP) is 3.51. The van der Waals surface area contributed by atoms with E-state index in [1.165, 1.54) is 24.8 Å². The van der Waals surface area contributed by atoms with Crippen molar-refractivity contribution in [1.29, 1.82) is 0 Å². The summed E-state index contributed by atoms with van der Waals surface area (Å²) in [5.41, 5.74) is 2.57. The molecule has 2 aliphatic carbocycles. The number of rotatable bonds is 4. The average molecular weight is 274 g/mol. The second-order valence-electron chi connectivity index (χ2n) is 6.09. The molecule has 1 aliphatic heterocycles. The van der Waals surface area contributed by atoms with Gasteiger partial charge in [0, 0.05) is 24.7 Å². The molecular formula is C17H23FN2. The smallest absolute Gasteiger partial charge is 0.122 e. The Morgan fingerprint density at radius 1 is 1.40 bits per heavy atom. The molecule has 0 aromatic heterocycles. The number of halogens is 1. The van der Waals surface area contributed by atoms with Crippen LogP contribution in [-0.4, -0.2) is 30.5 Å². The highest BCUT2D eigenvalue weighted by atomic mass is 19.1. The Morgan fingerprint density at radius 2 is 2.25 bits per heavy atom. The summed E-state index contributed by atoms with van der Waals surface area (Å²) in [6.45, 7) is 2.24. The Kier molecular flexibility index (Phi) is 4.16. The van der Waals surface area contributed by atoms with Crippen LogP contribution in [0.2, 0.25) is 0 Å². The lowest BCUT2D eigenvalue weighted by molar-refractivity contribution is 0.321. The summed E-state index contributed by atoms with van der Waals surface area (Å²) >= 11 is 0. The van der Waals surface area contributed by atoms with E-state index in [0.29, 0.717) is 18.5 Å². The minimum absolute atomic E-state index is 0.171. The SMILES string of the molecule is CC(NC1CCC1)C1=CC=NC(C2=CCC(F)C=C2)C1. The van der Waals surface area contributed by atoms with E-state index in [4.69, 9.17) is 0 Å². The van der Waals surface area contributed by atoms with Gasteiger partial charge in [-0.1, -0.05) is 24.6 Å². The summed E-state index contributed by atoms with van der Waals surface area (Å²) < 4.78 is 13.1. The maximum absolute atomic E-state index is 13.1. The number of nitrogens with zero attached hydrogens (tertiary/aromatic N) is 1. The van der Waals surface area contributed by atoms with Crippen LogP contribution in [0.4, 0.5) is 4.39 Å². The molecule has 3 atom stereocenters. The minimum atomic E-state index is -0.819. The van der Waals surface area contributed by atoms with Crippen LogP contribution in [0.25, 0.3) is 0 Å². The van der Waals surface area contributed by atoms with Crippen LogP contribution in [0.1, 0.15) is 39.0 Å². The fourth-order valence-corrected chi connectivity index (χ4v) is 3.01. The second-order valence-corrected chi connectivity index (χ2v) is 6.09. The van der Waals surface area contributed by atoms with Gasteiger partial charge in [0.2, 0.25) is 0 Å². The molecule has 2 nitrogen and oxygen atoms in total. The Balaban J connectivity index is 1.60. The third-order valence-corrected chi connectivity index (χ3v) is 4.59. The molecule has 1 N–H and O–H groups in total. The van der Waals surface area contributed by atoms with Gasteiger partial charge in [0.1, 0.15) is 6.17 Å². The molecule has 1 saturated carbocycles. The quantitative estimate of drug-likeness (QED) is 0.833. The topological polar surface area (TPSA) is 24.4 Å². The van der Waals surface area contributed by atoms with Gasteiger partial charge in [-0.25, -0.2) is 4.39 Å². The Labute approximate surface area is 120 Å². The largest absolute Gasteiger partial charge is 0.308 e. The van der Waals surface area contributed by atoms with Crippen molar-refractivity contribution in [2.45, 2.75) is 63.3 Å². The third-order valence-electron chi connectivity index (χ3n) is 4.59. The van der Waals surface area contributed by atoms with Gasteiger partial charge in [-0.2, -0.15) is 0 Å². The number of aliphatic imine (C=N–C) groups is 1. The van der Waals surface area contributed by atoms with Crippen LogP contribution in [-0.2, 0) is 0 Å². The third kappa shape index (κ3) is 3.09. The van der Waals surface area contributed by atoms with E-state index >= 15 is 0 Å².